The minimum atomic E-state index is -0.965. The van der Waals surface area contributed by atoms with Crippen molar-refractivity contribution >= 4 is 11.9 Å². The van der Waals surface area contributed by atoms with Crippen LogP contribution in [0.3, 0.4) is 0 Å². The van der Waals surface area contributed by atoms with Crippen LogP contribution in [0, 0.1) is 0 Å². The number of carbonyl (C=O) groups excluding carboxylic acids is 1. The van der Waals surface area contributed by atoms with Gasteiger partial charge in [-0.1, -0.05) is 12.1 Å². The number of ether oxygens (including phenoxy) is 3. The minimum absolute atomic E-state index is 0.0544. The van der Waals surface area contributed by atoms with Crippen LogP contribution < -0.4 is 4.74 Å². The quantitative estimate of drug-likeness (QED) is 0.573. The average Bonchev–Trinajstić information content (AvgIpc) is 2.54. The molecule has 0 saturated heterocycles. The molecule has 138 valence electrons. The van der Waals surface area contributed by atoms with Crippen LogP contribution in [-0.4, -0.2) is 43.5 Å². The molecule has 6 nitrogen and oxygen atoms in total. The van der Waals surface area contributed by atoms with E-state index in [2.05, 4.69) is 4.74 Å². The molecule has 1 aromatic carbocycles. The molecule has 0 bridgehead atoms. The summed E-state index contributed by atoms with van der Waals surface area (Å²) in [6.07, 6.45) is 3.32. The average molecular weight is 350 g/mol. The maximum Gasteiger partial charge on any atom is 0.330 e. The molecule has 0 aliphatic heterocycles. The minimum Gasteiger partial charge on any atom is -0.497 e. The predicted molar refractivity (Wildman–Crippen MR) is 93.9 cm³/mol. The van der Waals surface area contributed by atoms with Gasteiger partial charge in [-0.3, -0.25) is 4.79 Å². The molecule has 0 aliphatic carbocycles. The molecule has 0 radical (unpaired) electrons. The molecule has 0 heterocycles. The van der Waals surface area contributed by atoms with E-state index < -0.39 is 23.5 Å². The van der Waals surface area contributed by atoms with Crippen LogP contribution in [0.2, 0.25) is 0 Å². The van der Waals surface area contributed by atoms with E-state index in [4.69, 9.17) is 9.47 Å². The molecule has 1 atom stereocenters. The van der Waals surface area contributed by atoms with Gasteiger partial charge in [-0.15, -0.1) is 0 Å². The number of esters is 1. The third-order valence-corrected chi connectivity index (χ3v) is 3.50. The molecular weight excluding hydrogens is 324 g/mol. The summed E-state index contributed by atoms with van der Waals surface area (Å²) in [4.78, 5) is 23.0. The Morgan fingerprint density at radius 1 is 1.24 bits per heavy atom. The van der Waals surface area contributed by atoms with Crippen molar-refractivity contribution in [1.82, 2.24) is 0 Å². The second-order valence-corrected chi connectivity index (χ2v) is 6.51. The van der Waals surface area contributed by atoms with E-state index in [9.17, 15) is 14.7 Å². The van der Waals surface area contributed by atoms with Gasteiger partial charge in [0.15, 0.2) is 0 Å². The van der Waals surface area contributed by atoms with Crippen molar-refractivity contribution in [2.75, 3.05) is 20.8 Å². The van der Waals surface area contributed by atoms with Crippen molar-refractivity contribution in [1.29, 1.82) is 0 Å². The molecule has 0 aliphatic rings. The number of rotatable bonds is 8. The molecule has 0 saturated carbocycles. The number of allylic oxidation sites excluding steroid dienone is 1. The first-order chi connectivity index (χ1) is 11.7. The standard InChI is InChI=1S/C19H26O6/c1-19(2,3)25-12-16(18(21)22)15-10-9-14(23-4)11-13(15)7-6-8-17(20)24-5/h6,8-11,16H,7,12H2,1-5H3,(H,21,22). The van der Waals surface area contributed by atoms with Gasteiger partial charge < -0.3 is 19.3 Å². The highest BCUT2D eigenvalue weighted by Gasteiger charge is 2.25. The molecule has 0 fully saturated rings. The Bertz CT molecular complexity index is 627. The largest absolute Gasteiger partial charge is 0.497 e. The van der Waals surface area contributed by atoms with Gasteiger partial charge in [0.25, 0.3) is 0 Å². The Morgan fingerprint density at radius 2 is 1.92 bits per heavy atom. The van der Waals surface area contributed by atoms with Crippen LogP contribution in [-0.2, 0) is 25.5 Å². The summed E-state index contributed by atoms with van der Waals surface area (Å²) in [5, 5.41) is 9.62. The van der Waals surface area contributed by atoms with Gasteiger partial charge in [-0.25, -0.2) is 4.79 Å². The topological polar surface area (TPSA) is 82.1 Å². The lowest BCUT2D eigenvalue weighted by Gasteiger charge is -2.24. The Labute approximate surface area is 148 Å². The monoisotopic (exact) mass is 350 g/mol. The number of benzene rings is 1. The summed E-state index contributed by atoms with van der Waals surface area (Å²) < 4.78 is 15.5. The third-order valence-electron chi connectivity index (χ3n) is 3.50. The second-order valence-electron chi connectivity index (χ2n) is 6.51. The van der Waals surface area contributed by atoms with Gasteiger partial charge >= 0.3 is 11.9 Å². The number of hydrogen-bond donors (Lipinski definition) is 1. The lowest BCUT2D eigenvalue weighted by atomic mass is 9.92. The smallest absolute Gasteiger partial charge is 0.330 e. The second kappa shape index (κ2) is 9.22. The number of carbonyl (C=O) groups is 2. The van der Waals surface area contributed by atoms with Crippen LogP contribution in [0.1, 0.15) is 37.8 Å². The molecule has 0 amide bonds. The fourth-order valence-corrected chi connectivity index (χ4v) is 2.20. The first kappa shape index (κ1) is 20.7. The van der Waals surface area contributed by atoms with E-state index in [1.54, 1.807) is 31.4 Å². The number of aliphatic carboxylic acids is 1. The van der Waals surface area contributed by atoms with Gasteiger partial charge in [0.05, 0.1) is 26.4 Å². The van der Waals surface area contributed by atoms with Gasteiger partial charge in [-0.05, 0) is 50.5 Å². The molecule has 0 spiro atoms. The summed E-state index contributed by atoms with van der Waals surface area (Å²) in [5.74, 6) is -1.62. The van der Waals surface area contributed by atoms with Gasteiger partial charge in [0, 0.05) is 6.08 Å². The van der Waals surface area contributed by atoms with E-state index in [0.717, 1.165) is 5.56 Å². The fourth-order valence-electron chi connectivity index (χ4n) is 2.20. The van der Waals surface area contributed by atoms with E-state index in [-0.39, 0.29) is 6.61 Å². The van der Waals surface area contributed by atoms with Crippen LogP contribution in [0.15, 0.2) is 30.4 Å². The van der Waals surface area contributed by atoms with E-state index >= 15 is 0 Å². The zero-order valence-corrected chi connectivity index (χ0v) is 15.4. The van der Waals surface area contributed by atoms with Crippen LogP contribution in [0.4, 0.5) is 0 Å². The van der Waals surface area contributed by atoms with Crippen molar-refractivity contribution in [2.45, 2.75) is 38.7 Å². The summed E-state index contributed by atoms with van der Waals surface area (Å²) in [6, 6.07) is 5.21. The highest BCUT2D eigenvalue weighted by molar-refractivity contribution is 5.81. The lowest BCUT2D eigenvalue weighted by molar-refractivity contribution is -0.142. The SMILES string of the molecule is COC(=O)C=CCc1cc(OC)ccc1C(COC(C)(C)C)C(=O)O. The Kier molecular flexibility index (Phi) is 7.64. The highest BCUT2D eigenvalue weighted by atomic mass is 16.5. The number of carboxylic acids is 1. The predicted octanol–water partition coefficient (Wildman–Crippen LogP) is 2.95. The first-order valence-electron chi connectivity index (χ1n) is 7.96. The maximum atomic E-state index is 11.7. The molecule has 1 aromatic rings. The number of methoxy groups -OCH3 is 2. The molecule has 25 heavy (non-hydrogen) atoms. The Morgan fingerprint density at radius 3 is 2.44 bits per heavy atom. The van der Waals surface area contributed by atoms with E-state index in [1.165, 1.54) is 13.2 Å². The van der Waals surface area contributed by atoms with Crippen molar-refractivity contribution in [2.24, 2.45) is 0 Å². The molecular formula is C19H26O6. The number of carboxylic acid groups (broad SMARTS) is 1. The van der Waals surface area contributed by atoms with Gasteiger partial charge in [-0.2, -0.15) is 0 Å². The maximum absolute atomic E-state index is 11.7. The summed E-state index contributed by atoms with van der Waals surface area (Å²) in [6.45, 7) is 5.68. The van der Waals surface area contributed by atoms with Gasteiger partial charge in [0.2, 0.25) is 0 Å². The van der Waals surface area contributed by atoms with Crippen LogP contribution >= 0.6 is 0 Å². The molecule has 0 aromatic heterocycles. The Balaban J connectivity index is 3.14. The first-order valence-corrected chi connectivity index (χ1v) is 7.96. The lowest BCUT2D eigenvalue weighted by Crippen LogP contribution is -2.27. The van der Waals surface area contributed by atoms with Crippen molar-refractivity contribution in [3.8, 4) is 5.75 Å². The van der Waals surface area contributed by atoms with E-state index in [1.807, 2.05) is 20.8 Å². The van der Waals surface area contributed by atoms with Crippen LogP contribution in [0.25, 0.3) is 0 Å². The fraction of sp³-hybridized carbons (Fsp3) is 0.474. The van der Waals surface area contributed by atoms with Gasteiger partial charge in [0.1, 0.15) is 11.7 Å². The zero-order valence-electron chi connectivity index (χ0n) is 15.4. The third kappa shape index (κ3) is 6.97. The Hall–Kier alpha value is -2.34. The molecule has 1 unspecified atom stereocenters. The summed E-state index contributed by atoms with van der Waals surface area (Å²) in [5.41, 5.74) is 0.946. The normalized spacial score (nSPS) is 12.8. The van der Waals surface area contributed by atoms with E-state index in [0.29, 0.717) is 17.7 Å². The molecule has 6 heteroatoms. The summed E-state index contributed by atoms with van der Waals surface area (Å²) >= 11 is 0. The van der Waals surface area contributed by atoms with Crippen molar-refractivity contribution in [3.05, 3.63) is 41.5 Å². The van der Waals surface area contributed by atoms with Crippen molar-refractivity contribution < 1.29 is 28.9 Å². The van der Waals surface area contributed by atoms with Crippen LogP contribution in [0.5, 0.6) is 5.75 Å². The molecule has 1 rings (SSSR count). The highest BCUT2D eigenvalue weighted by Crippen LogP contribution is 2.27. The molecule has 1 N–H and O–H groups in total. The number of hydrogen-bond acceptors (Lipinski definition) is 5. The van der Waals surface area contributed by atoms with Crippen molar-refractivity contribution in [3.63, 3.8) is 0 Å². The zero-order chi connectivity index (χ0) is 19.0. The summed E-state index contributed by atoms with van der Waals surface area (Å²) in [7, 11) is 2.84.